The molecule has 0 radical (unpaired) electrons. The number of carbonyl (C=O) groups is 5. The van der Waals surface area contributed by atoms with Crippen LogP contribution in [0.1, 0.15) is 93.7 Å². The predicted molar refractivity (Wildman–Crippen MR) is 178 cm³/mol. The van der Waals surface area contributed by atoms with Crippen LogP contribution < -0.4 is 16.4 Å². The van der Waals surface area contributed by atoms with E-state index in [0.717, 1.165) is 37.5 Å². The first-order valence-corrected chi connectivity index (χ1v) is 17.3. The topological polar surface area (TPSA) is 212 Å². The molecule has 1 saturated carbocycles. The van der Waals surface area contributed by atoms with Crippen molar-refractivity contribution < 1.29 is 38.2 Å². The number of likely N-dealkylation sites (tertiary alicyclic amines) is 1. The molecule has 6 rings (SSSR count). The number of nitrogens with one attached hydrogen (secondary N) is 2. The van der Waals surface area contributed by atoms with Crippen molar-refractivity contribution in [2.24, 2.45) is 11.7 Å². The second-order valence-electron chi connectivity index (χ2n) is 14.3. The number of carbonyl (C=O) groups excluding carboxylic acids is 5. The molecule has 1 unspecified atom stereocenters. The van der Waals surface area contributed by atoms with E-state index in [1.807, 2.05) is 0 Å². The Kier molecular flexibility index (Phi) is 10.1. The molecule has 268 valence electrons. The first-order chi connectivity index (χ1) is 23.9. The summed E-state index contributed by atoms with van der Waals surface area (Å²) in [4.78, 5) is 69.4. The van der Waals surface area contributed by atoms with Crippen molar-refractivity contribution in [1.29, 1.82) is 0 Å². The number of hydrogen-bond donors (Lipinski definition) is 4. The highest BCUT2D eigenvalue weighted by Gasteiger charge is 2.49. The molecule has 2 aromatic heterocycles. The van der Waals surface area contributed by atoms with Gasteiger partial charge in [0.25, 0.3) is 11.8 Å². The summed E-state index contributed by atoms with van der Waals surface area (Å²) in [6.07, 6.45) is 8.51. The maximum atomic E-state index is 14.7. The van der Waals surface area contributed by atoms with Crippen LogP contribution in [-0.4, -0.2) is 91.8 Å². The van der Waals surface area contributed by atoms with Crippen molar-refractivity contribution in [2.75, 3.05) is 19.8 Å². The predicted octanol–water partition coefficient (Wildman–Crippen LogP) is 1.88. The number of fused-ring (bicyclic) bond motifs is 1. The van der Waals surface area contributed by atoms with Crippen molar-refractivity contribution in [3.05, 3.63) is 48.0 Å². The van der Waals surface area contributed by atoms with Crippen molar-refractivity contribution in [3.63, 3.8) is 0 Å². The number of aromatic nitrogens is 3. The molecule has 50 heavy (non-hydrogen) atoms. The van der Waals surface area contributed by atoms with Crippen LogP contribution >= 0.6 is 0 Å². The van der Waals surface area contributed by atoms with Crippen molar-refractivity contribution in [2.45, 2.75) is 101 Å². The number of ether oxygens (including phenoxy) is 1. The van der Waals surface area contributed by atoms with E-state index in [1.165, 1.54) is 22.0 Å². The molecule has 5 N–H and O–H groups in total. The molecule has 1 aliphatic carbocycles. The van der Waals surface area contributed by atoms with Gasteiger partial charge < -0.3 is 35.5 Å². The van der Waals surface area contributed by atoms with Gasteiger partial charge in [0, 0.05) is 50.0 Å². The number of Topliss-reactive ketones (excluding diaryl/α,β-unsaturated/α-hetero) is 1. The van der Waals surface area contributed by atoms with Crippen molar-refractivity contribution in [3.8, 4) is 0 Å². The minimum Gasteiger partial charge on any atom is -0.464 e. The van der Waals surface area contributed by atoms with Gasteiger partial charge in [-0.2, -0.15) is 0 Å². The second kappa shape index (κ2) is 14.3. The summed E-state index contributed by atoms with van der Waals surface area (Å²) in [6, 6.07) is 4.14. The smallest absolute Gasteiger partial charge is 0.287 e. The van der Waals surface area contributed by atoms with Gasteiger partial charge in [-0.25, -0.2) is 4.68 Å². The number of nitrogens with two attached hydrogens (primary N) is 1. The molecule has 3 aliphatic rings. The van der Waals surface area contributed by atoms with E-state index in [0.29, 0.717) is 23.3 Å². The van der Waals surface area contributed by atoms with E-state index in [2.05, 4.69) is 20.9 Å². The number of furan rings is 1. The summed E-state index contributed by atoms with van der Waals surface area (Å²) < 4.78 is 12.4. The lowest BCUT2D eigenvalue weighted by Crippen LogP contribution is -2.64. The molecule has 3 atom stereocenters. The van der Waals surface area contributed by atoms with Crippen LogP contribution in [0.3, 0.4) is 0 Å². The Morgan fingerprint density at radius 1 is 1.10 bits per heavy atom. The van der Waals surface area contributed by atoms with Crippen molar-refractivity contribution >= 4 is 40.4 Å². The van der Waals surface area contributed by atoms with Crippen molar-refractivity contribution in [1.82, 2.24) is 30.5 Å². The zero-order chi connectivity index (χ0) is 35.6. The number of hydrogen-bond acceptors (Lipinski definition) is 10. The average Bonchev–Trinajstić information content (AvgIpc) is 3.87. The standard InChI is InChI=1S/C35H45N7O8/c1-34(2,48)28-19-37-40-42(28)24-18-26(32(46)39-35(29(43)30(36)44)11-14-49-15-12-35)41(20-24)33(47)25(16-21-6-4-3-5-7-21)38-31(45)23-8-9-27-22(17-23)10-13-50-27/h8-10,13,17,19,21,24-26,48H,3-7,11-12,14-16,18,20H2,1-2H3,(H2,36,44)(H,38,45)(H,39,46)/t24-,25?,26-/m0/s1. The maximum Gasteiger partial charge on any atom is 0.287 e. The van der Waals surface area contributed by atoms with Gasteiger partial charge in [0.1, 0.15) is 28.8 Å². The van der Waals surface area contributed by atoms with Gasteiger partial charge in [-0.3, -0.25) is 24.0 Å². The van der Waals surface area contributed by atoms with Crippen LogP contribution in [0.2, 0.25) is 0 Å². The third-order valence-corrected chi connectivity index (χ3v) is 10.4. The summed E-state index contributed by atoms with van der Waals surface area (Å²) in [5.41, 5.74) is 3.88. The van der Waals surface area contributed by atoms with Gasteiger partial charge in [0.2, 0.25) is 17.6 Å². The minimum atomic E-state index is -1.58. The number of rotatable bonds is 11. The van der Waals surface area contributed by atoms with E-state index in [9.17, 15) is 29.1 Å². The Bertz CT molecular complexity index is 1750. The molecule has 2 saturated heterocycles. The van der Waals surface area contributed by atoms with Gasteiger partial charge in [-0.15, -0.1) is 5.10 Å². The SMILES string of the molecule is CC(C)(O)c1cnnn1[C@H]1C[C@@H](C(=O)NC2(C(=O)C(N)=O)CCOCC2)N(C(=O)C(CC2CCCCC2)NC(=O)c2ccc3occc3c2)C1. The summed E-state index contributed by atoms with van der Waals surface area (Å²) in [6.45, 7) is 3.45. The molecule has 0 bridgehead atoms. The number of aliphatic hydroxyl groups is 1. The maximum absolute atomic E-state index is 14.7. The molecule has 3 aromatic rings. The van der Waals surface area contributed by atoms with Gasteiger partial charge in [-0.05, 0) is 50.5 Å². The number of benzene rings is 1. The van der Waals surface area contributed by atoms with E-state index < -0.39 is 58.7 Å². The highest BCUT2D eigenvalue weighted by Crippen LogP contribution is 2.34. The van der Waals surface area contributed by atoms with Gasteiger partial charge >= 0.3 is 0 Å². The quantitative estimate of drug-likeness (QED) is 0.214. The van der Waals surface area contributed by atoms with Crippen LogP contribution in [0.4, 0.5) is 0 Å². The number of nitrogens with zero attached hydrogens (tertiary/aromatic N) is 4. The number of amides is 4. The van der Waals surface area contributed by atoms with Crippen LogP contribution in [0.15, 0.2) is 41.1 Å². The molecular formula is C35H45N7O8. The van der Waals surface area contributed by atoms with Gasteiger partial charge in [-0.1, -0.05) is 37.3 Å². The lowest BCUT2D eigenvalue weighted by atomic mass is 9.84. The van der Waals surface area contributed by atoms with Crippen LogP contribution in [0, 0.1) is 5.92 Å². The Balaban J connectivity index is 1.33. The summed E-state index contributed by atoms with van der Waals surface area (Å²) in [5, 5.41) is 25.6. The fourth-order valence-corrected chi connectivity index (χ4v) is 7.65. The van der Waals surface area contributed by atoms with E-state index in [1.54, 1.807) is 38.1 Å². The second-order valence-corrected chi connectivity index (χ2v) is 14.3. The number of primary amides is 1. The lowest BCUT2D eigenvalue weighted by Gasteiger charge is -2.37. The molecule has 3 fully saturated rings. The summed E-state index contributed by atoms with van der Waals surface area (Å²) in [5.74, 6) is -3.45. The highest BCUT2D eigenvalue weighted by atomic mass is 16.5. The summed E-state index contributed by atoms with van der Waals surface area (Å²) in [7, 11) is 0. The molecule has 4 amide bonds. The van der Waals surface area contributed by atoms with Gasteiger partial charge in [0.05, 0.1) is 24.2 Å². The first kappa shape index (κ1) is 35.2. The lowest BCUT2D eigenvalue weighted by molar-refractivity contribution is -0.147. The molecule has 15 heteroatoms. The number of ketones is 1. The largest absolute Gasteiger partial charge is 0.464 e. The highest BCUT2D eigenvalue weighted by molar-refractivity contribution is 6.39. The fourth-order valence-electron chi connectivity index (χ4n) is 7.65. The van der Waals surface area contributed by atoms with E-state index in [-0.39, 0.29) is 44.9 Å². The fraction of sp³-hybridized carbons (Fsp3) is 0.571. The monoisotopic (exact) mass is 691 g/mol. The molecule has 4 heterocycles. The Morgan fingerprint density at radius 2 is 1.84 bits per heavy atom. The van der Waals surface area contributed by atoms with Crippen LogP contribution in [0.5, 0.6) is 0 Å². The molecule has 2 aliphatic heterocycles. The van der Waals surface area contributed by atoms with Gasteiger partial charge in [0.15, 0.2) is 0 Å². The molecule has 15 nitrogen and oxygen atoms in total. The normalized spacial score (nSPS) is 21.9. The Hall–Kier alpha value is -4.63. The van der Waals surface area contributed by atoms with Crippen LogP contribution in [-0.2, 0) is 29.5 Å². The molecular weight excluding hydrogens is 646 g/mol. The van der Waals surface area contributed by atoms with Crippen LogP contribution in [0.25, 0.3) is 11.0 Å². The van der Waals surface area contributed by atoms with E-state index in [4.69, 9.17) is 14.9 Å². The van der Waals surface area contributed by atoms with E-state index >= 15 is 0 Å². The minimum absolute atomic E-state index is 0.0151. The molecule has 0 spiro atoms. The summed E-state index contributed by atoms with van der Waals surface area (Å²) >= 11 is 0. The first-order valence-electron chi connectivity index (χ1n) is 17.3. The molecule has 1 aromatic carbocycles. The zero-order valence-electron chi connectivity index (χ0n) is 28.4. The Labute approximate surface area is 289 Å². The third-order valence-electron chi connectivity index (χ3n) is 10.4. The third kappa shape index (κ3) is 7.29. The average molecular weight is 692 g/mol. The Morgan fingerprint density at radius 3 is 2.54 bits per heavy atom. The zero-order valence-corrected chi connectivity index (χ0v) is 28.4.